The van der Waals surface area contributed by atoms with Gasteiger partial charge in [-0.3, -0.25) is 14.4 Å². The maximum Gasteiger partial charge on any atom is 0.387 e. The molecule has 0 heterocycles. The lowest BCUT2D eigenvalue weighted by atomic mass is 10.1. The molecule has 8 heteroatoms. The second kappa shape index (κ2) is 9.60. The van der Waals surface area contributed by atoms with Crippen LogP contribution in [0.15, 0.2) is 66.7 Å². The SMILES string of the molecule is O=C(CNC(=O)c1ccc2ccccc2c1)OCC(=O)c1ccc(OC(F)F)cc1. The van der Waals surface area contributed by atoms with Crippen LogP contribution in [0.3, 0.4) is 0 Å². The number of ether oxygens (including phenoxy) is 2. The molecule has 6 nitrogen and oxygen atoms in total. The summed E-state index contributed by atoms with van der Waals surface area (Å²) in [6.45, 7) is -3.91. The lowest BCUT2D eigenvalue weighted by Crippen LogP contribution is -2.31. The number of amides is 1. The molecule has 3 rings (SSSR count). The minimum atomic E-state index is -2.96. The number of alkyl halides is 2. The second-order valence-corrected chi connectivity index (χ2v) is 6.23. The maximum absolute atomic E-state index is 12.2. The first-order chi connectivity index (χ1) is 14.4. The van der Waals surface area contributed by atoms with E-state index in [-0.39, 0.29) is 11.3 Å². The van der Waals surface area contributed by atoms with Crippen molar-refractivity contribution in [1.82, 2.24) is 5.32 Å². The predicted molar refractivity (Wildman–Crippen MR) is 105 cm³/mol. The van der Waals surface area contributed by atoms with E-state index in [9.17, 15) is 23.2 Å². The Morgan fingerprint density at radius 3 is 2.23 bits per heavy atom. The number of nitrogens with one attached hydrogen (secondary N) is 1. The first-order valence-corrected chi connectivity index (χ1v) is 8.93. The van der Waals surface area contributed by atoms with E-state index in [1.807, 2.05) is 24.3 Å². The van der Waals surface area contributed by atoms with Crippen molar-refractivity contribution in [3.05, 3.63) is 77.9 Å². The molecular weight excluding hydrogens is 396 g/mol. The Kier molecular flexibility index (Phi) is 6.69. The van der Waals surface area contributed by atoms with Crippen molar-refractivity contribution >= 4 is 28.4 Å². The number of halogens is 2. The fourth-order valence-electron chi connectivity index (χ4n) is 2.69. The fourth-order valence-corrected chi connectivity index (χ4v) is 2.69. The van der Waals surface area contributed by atoms with Gasteiger partial charge in [0.05, 0.1) is 0 Å². The topological polar surface area (TPSA) is 81.7 Å². The van der Waals surface area contributed by atoms with E-state index in [0.717, 1.165) is 10.8 Å². The molecule has 0 fully saturated rings. The van der Waals surface area contributed by atoms with Gasteiger partial charge in [0.25, 0.3) is 5.91 Å². The lowest BCUT2D eigenvalue weighted by Gasteiger charge is -2.08. The van der Waals surface area contributed by atoms with Gasteiger partial charge in [-0.25, -0.2) is 0 Å². The van der Waals surface area contributed by atoms with Crippen LogP contribution >= 0.6 is 0 Å². The van der Waals surface area contributed by atoms with Crippen LogP contribution in [0.5, 0.6) is 5.75 Å². The zero-order valence-corrected chi connectivity index (χ0v) is 15.6. The maximum atomic E-state index is 12.2. The molecule has 3 aromatic rings. The average molecular weight is 413 g/mol. The molecule has 0 saturated carbocycles. The zero-order chi connectivity index (χ0) is 21.5. The molecule has 0 aliphatic rings. The van der Waals surface area contributed by atoms with Crippen LogP contribution in [0.25, 0.3) is 10.8 Å². The first-order valence-electron chi connectivity index (χ1n) is 8.93. The molecule has 3 aromatic carbocycles. The molecule has 154 valence electrons. The van der Waals surface area contributed by atoms with Gasteiger partial charge in [0.1, 0.15) is 12.3 Å². The molecule has 0 radical (unpaired) electrons. The Balaban J connectivity index is 1.46. The van der Waals surface area contributed by atoms with E-state index in [1.165, 1.54) is 24.3 Å². The van der Waals surface area contributed by atoms with Crippen LogP contribution in [0.1, 0.15) is 20.7 Å². The van der Waals surface area contributed by atoms with Crippen LogP contribution < -0.4 is 10.1 Å². The molecule has 1 amide bonds. The van der Waals surface area contributed by atoms with E-state index in [2.05, 4.69) is 10.1 Å². The average Bonchev–Trinajstić information content (AvgIpc) is 2.75. The Hall–Kier alpha value is -3.81. The van der Waals surface area contributed by atoms with Crippen molar-refractivity contribution < 1.29 is 32.6 Å². The van der Waals surface area contributed by atoms with Gasteiger partial charge in [-0.1, -0.05) is 30.3 Å². The summed E-state index contributed by atoms with van der Waals surface area (Å²) in [6.07, 6.45) is 0. The number of carbonyl (C=O) groups is 3. The van der Waals surface area contributed by atoms with Crippen LogP contribution in [-0.4, -0.2) is 37.4 Å². The van der Waals surface area contributed by atoms with Gasteiger partial charge in [-0.15, -0.1) is 0 Å². The van der Waals surface area contributed by atoms with Crippen LogP contribution in [0.2, 0.25) is 0 Å². The smallest absolute Gasteiger partial charge is 0.387 e. The number of fused-ring (bicyclic) bond motifs is 1. The number of esters is 1. The molecule has 30 heavy (non-hydrogen) atoms. The number of benzene rings is 3. The summed E-state index contributed by atoms with van der Waals surface area (Å²) in [4.78, 5) is 36.0. The van der Waals surface area contributed by atoms with Gasteiger partial charge >= 0.3 is 12.6 Å². The summed E-state index contributed by atoms with van der Waals surface area (Å²) in [5, 5.41) is 4.32. The van der Waals surface area contributed by atoms with E-state index >= 15 is 0 Å². The summed E-state index contributed by atoms with van der Waals surface area (Å²) in [7, 11) is 0. The summed E-state index contributed by atoms with van der Waals surface area (Å²) in [6, 6.07) is 17.7. The normalized spacial score (nSPS) is 10.6. The van der Waals surface area contributed by atoms with Crippen LogP contribution in [0.4, 0.5) is 8.78 Å². The number of hydrogen-bond donors (Lipinski definition) is 1. The summed E-state index contributed by atoms with van der Waals surface area (Å²) in [5.74, 6) is -1.84. The van der Waals surface area contributed by atoms with Crippen molar-refractivity contribution in [2.24, 2.45) is 0 Å². The van der Waals surface area contributed by atoms with Crippen molar-refractivity contribution in [3.8, 4) is 5.75 Å². The quantitative estimate of drug-likeness (QED) is 0.451. The second-order valence-electron chi connectivity index (χ2n) is 6.23. The van der Waals surface area contributed by atoms with E-state index in [0.29, 0.717) is 5.56 Å². The minimum Gasteiger partial charge on any atom is -0.456 e. The highest BCUT2D eigenvalue weighted by molar-refractivity contribution is 6.00. The number of carbonyl (C=O) groups excluding carboxylic acids is 3. The molecule has 0 unspecified atom stereocenters. The highest BCUT2D eigenvalue weighted by Crippen LogP contribution is 2.16. The van der Waals surface area contributed by atoms with Crippen molar-refractivity contribution in [2.45, 2.75) is 6.61 Å². The van der Waals surface area contributed by atoms with Crippen LogP contribution in [-0.2, 0) is 9.53 Å². The standard InChI is InChI=1S/C22H17F2NO5/c23-22(24)30-18-9-7-15(8-10-18)19(26)13-29-20(27)12-25-21(28)17-6-5-14-3-1-2-4-16(14)11-17/h1-11,22H,12-13H2,(H,25,28). The van der Waals surface area contributed by atoms with Gasteiger partial charge < -0.3 is 14.8 Å². The Morgan fingerprint density at radius 1 is 0.867 bits per heavy atom. The van der Waals surface area contributed by atoms with Crippen molar-refractivity contribution in [2.75, 3.05) is 13.2 Å². The van der Waals surface area contributed by atoms with Gasteiger partial charge in [0, 0.05) is 11.1 Å². The number of Topliss-reactive ketones (excluding diaryl/α,β-unsaturated/α-hetero) is 1. The fraction of sp³-hybridized carbons (Fsp3) is 0.136. The lowest BCUT2D eigenvalue weighted by molar-refractivity contribution is -0.141. The van der Waals surface area contributed by atoms with Gasteiger partial charge in [0.15, 0.2) is 12.4 Å². The molecule has 0 aliphatic heterocycles. The summed E-state index contributed by atoms with van der Waals surface area (Å²) >= 11 is 0. The zero-order valence-electron chi connectivity index (χ0n) is 15.6. The Bertz CT molecular complexity index is 1070. The molecular formula is C22H17F2NO5. The molecule has 0 aromatic heterocycles. The van der Waals surface area contributed by atoms with Crippen LogP contribution in [0, 0.1) is 0 Å². The van der Waals surface area contributed by atoms with Crippen molar-refractivity contribution in [3.63, 3.8) is 0 Å². The molecule has 0 saturated heterocycles. The first kappa shape index (κ1) is 20.9. The highest BCUT2D eigenvalue weighted by atomic mass is 19.3. The van der Waals surface area contributed by atoms with Gasteiger partial charge in [-0.05, 0) is 47.2 Å². The third kappa shape index (κ3) is 5.60. The number of hydrogen-bond acceptors (Lipinski definition) is 5. The van der Waals surface area contributed by atoms with E-state index in [1.54, 1.807) is 18.2 Å². The number of ketones is 1. The molecule has 1 N–H and O–H groups in total. The third-order valence-corrected chi connectivity index (χ3v) is 4.17. The molecule has 0 atom stereocenters. The Labute approximate surface area is 170 Å². The van der Waals surface area contributed by atoms with Crippen molar-refractivity contribution in [1.29, 1.82) is 0 Å². The molecule has 0 bridgehead atoms. The largest absolute Gasteiger partial charge is 0.456 e. The Morgan fingerprint density at radius 2 is 1.53 bits per heavy atom. The summed E-state index contributed by atoms with van der Waals surface area (Å²) in [5.41, 5.74) is 0.563. The highest BCUT2D eigenvalue weighted by Gasteiger charge is 2.13. The minimum absolute atomic E-state index is 0.0880. The molecule has 0 spiro atoms. The monoisotopic (exact) mass is 413 g/mol. The van der Waals surface area contributed by atoms with E-state index < -0.39 is 37.4 Å². The molecule has 0 aliphatic carbocycles. The number of rotatable bonds is 8. The van der Waals surface area contributed by atoms with E-state index in [4.69, 9.17) is 4.74 Å². The third-order valence-electron chi connectivity index (χ3n) is 4.17. The van der Waals surface area contributed by atoms with Gasteiger partial charge in [0.2, 0.25) is 0 Å². The summed E-state index contributed by atoms with van der Waals surface area (Å²) < 4.78 is 33.3. The van der Waals surface area contributed by atoms with Gasteiger partial charge in [-0.2, -0.15) is 8.78 Å². The predicted octanol–water partition coefficient (Wildman–Crippen LogP) is 3.60.